The summed E-state index contributed by atoms with van der Waals surface area (Å²) in [5.41, 5.74) is 11.8. The maximum Gasteiger partial charge on any atom is 0.0614 e. The van der Waals surface area contributed by atoms with Crippen molar-refractivity contribution in [3.8, 4) is 0 Å². The van der Waals surface area contributed by atoms with Crippen LogP contribution in [0.4, 0.5) is 0 Å². The molecule has 0 fully saturated rings. The Labute approximate surface area is 256 Å². The molecule has 1 heteroatoms. The standard InChI is InChI=1S/C40H66O/c1-33(2)17-10-18-34(3)19-11-20-35(4)21-12-22-36(5)23-13-24-37(6)25-14-26-38(7)27-15-28-39(8)29-16-30-40(9)31-32-41/h17,19,21,23,25,27,29,31,41H,10-16,18,20,22,24,26,28,30,32H2,1-9H3/b34-19+,35-21+,36-23+,37-25-,38-27-,39-29-,40-31-. The summed E-state index contributed by atoms with van der Waals surface area (Å²) >= 11 is 0. The Morgan fingerprint density at radius 3 is 0.707 bits per heavy atom. The van der Waals surface area contributed by atoms with E-state index >= 15 is 0 Å². The van der Waals surface area contributed by atoms with Crippen molar-refractivity contribution < 1.29 is 5.11 Å². The Balaban J connectivity index is 4.18. The average Bonchev–Trinajstić information content (AvgIpc) is 2.88. The van der Waals surface area contributed by atoms with E-state index in [1.165, 1.54) is 83.1 Å². The number of rotatable bonds is 22. The lowest BCUT2D eigenvalue weighted by Crippen LogP contribution is -1.84. The normalized spacial score (nSPS) is 14.6. The van der Waals surface area contributed by atoms with Crippen LogP contribution in [-0.4, -0.2) is 11.7 Å². The number of aliphatic hydroxyl groups excluding tert-OH is 1. The number of hydrogen-bond acceptors (Lipinski definition) is 1. The molecular weight excluding hydrogens is 496 g/mol. The third kappa shape index (κ3) is 26.5. The number of hydrogen-bond donors (Lipinski definition) is 1. The molecular formula is C40H66O. The van der Waals surface area contributed by atoms with Gasteiger partial charge < -0.3 is 5.11 Å². The van der Waals surface area contributed by atoms with Crippen LogP contribution in [0.1, 0.15) is 152 Å². The third-order valence-electron chi connectivity index (χ3n) is 7.72. The van der Waals surface area contributed by atoms with Crippen molar-refractivity contribution in [3.63, 3.8) is 0 Å². The molecule has 0 aliphatic heterocycles. The summed E-state index contributed by atoms with van der Waals surface area (Å²) in [4.78, 5) is 0. The maximum absolute atomic E-state index is 8.95. The lowest BCUT2D eigenvalue weighted by atomic mass is 10.0. The van der Waals surface area contributed by atoms with Crippen molar-refractivity contribution in [2.45, 2.75) is 152 Å². The Hall–Kier alpha value is -2.12. The fraction of sp³-hybridized carbons (Fsp3) is 0.600. The van der Waals surface area contributed by atoms with Crippen LogP contribution in [0, 0.1) is 0 Å². The Bertz CT molecular complexity index is 951. The van der Waals surface area contributed by atoms with Crippen molar-refractivity contribution in [2.75, 3.05) is 6.61 Å². The molecule has 0 heterocycles. The van der Waals surface area contributed by atoms with E-state index in [1.807, 2.05) is 6.08 Å². The van der Waals surface area contributed by atoms with E-state index in [1.54, 1.807) is 0 Å². The predicted octanol–water partition coefficient (Wildman–Crippen LogP) is 13.0. The molecule has 0 aromatic heterocycles. The number of allylic oxidation sites excluding steroid dienone is 15. The summed E-state index contributed by atoms with van der Waals surface area (Å²) in [6, 6.07) is 0. The Morgan fingerprint density at radius 2 is 0.512 bits per heavy atom. The average molecular weight is 563 g/mol. The molecule has 0 rings (SSSR count). The summed E-state index contributed by atoms with van der Waals surface area (Å²) < 4.78 is 0. The molecule has 0 saturated heterocycles. The van der Waals surface area contributed by atoms with Crippen LogP contribution in [0.3, 0.4) is 0 Å². The van der Waals surface area contributed by atoms with E-state index in [9.17, 15) is 0 Å². The molecule has 0 aromatic carbocycles. The van der Waals surface area contributed by atoms with Gasteiger partial charge >= 0.3 is 0 Å². The van der Waals surface area contributed by atoms with Gasteiger partial charge in [0.25, 0.3) is 0 Å². The van der Waals surface area contributed by atoms with E-state index in [0.717, 1.165) is 51.4 Å². The largest absolute Gasteiger partial charge is 0.392 e. The molecule has 0 spiro atoms. The van der Waals surface area contributed by atoms with Crippen molar-refractivity contribution >= 4 is 0 Å². The molecule has 0 aliphatic rings. The first-order valence-electron chi connectivity index (χ1n) is 16.4. The monoisotopic (exact) mass is 563 g/mol. The van der Waals surface area contributed by atoms with Crippen LogP contribution in [0.5, 0.6) is 0 Å². The Morgan fingerprint density at radius 1 is 0.317 bits per heavy atom. The van der Waals surface area contributed by atoms with Gasteiger partial charge in [-0.3, -0.25) is 0 Å². The first-order valence-corrected chi connectivity index (χ1v) is 16.4. The highest BCUT2D eigenvalue weighted by atomic mass is 16.2. The van der Waals surface area contributed by atoms with Crippen molar-refractivity contribution in [3.05, 3.63) is 93.2 Å². The summed E-state index contributed by atoms with van der Waals surface area (Å²) in [6.07, 6.45) is 34.9. The lowest BCUT2D eigenvalue weighted by Gasteiger charge is -2.04. The molecule has 0 aliphatic carbocycles. The molecule has 0 amide bonds. The number of aliphatic hydroxyl groups is 1. The van der Waals surface area contributed by atoms with Gasteiger partial charge in [0.2, 0.25) is 0 Å². The summed E-state index contributed by atoms with van der Waals surface area (Å²) in [7, 11) is 0. The quantitative estimate of drug-likeness (QED) is 0.130. The van der Waals surface area contributed by atoms with Crippen molar-refractivity contribution in [2.24, 2.45) is 0 Å². The zero-order valence-electron chi connectivity index (χ0n) is 28.7. The van der Waals surface area contributed by atoms with Crippen LogP contribution >= 0.6 is 0 Å². The third-order valence-corrected chi connectivity index (χ3v) is 7.72. The highest BCUT2D eigenvalue weighted by Gasteiger charge is 1.96. The Kier molecular flexibility index (Phi) is 24.3. The summed E-state index contributed by atoms with van der Waals surface area (Å²) in [5, 5.41) is 8.95. The minimum absolute atomic E-state index is 0.151. The van der Waals surface area contributed by atoms with Gasteiger partial charge in [-0.2, -0.15) is 0 Å². The van der Waals surface area contributed by atoms with Crippen molar-refractivity contribution in [1.82, 2.24) is 0 Å². The molecule has 1 N–H and O–H groups in total. The highest BCUT2D eigenvalue weighted by molar-refractivity contribution is 5.10. The molecule has 0 unspecified atom stereocenters. The minimum Gasteiger partial charge on any atom is -0.392 e. The van der Waals surface area contributed by atoms with Gasteiger partial charge in [-0.25, -0.2) is 0 Å². The minimum atomic E-state index is 0.151. The SMILES string of the molecule is CC(C)=CCC/C(C)=C/CC/C(C)=C/CC/C(C)=C/CC/C(C)=C\CC/C(C)=C\CC/C(C)=C\CC/C(C)=C\CO. The van der Waals surface area contributed by atoms with Crippen LogP contribution in [0.25, 0.3) is 0 Å². The lowest BCUT2D eigenvalue weighted by molar-refractivity contribution is 0.341. The second-order valence-electron chi connectivity index (χ2n) is 12.6. The zero-order valence-corrected chi connectivity index (χ0v) is 28.7. The van der Waals surface area contributed by atoms with Crippen LogP contribution in [-0.2, 0) is 0 Å². The van der Waals surface area contributed by atoms with E-state index in [-0.39, 0.29) is 6.61 Å². The maximum atomic E-state index is 8.95. The van der Waals surface area contributed by atoms with Gasteiger partial charge in [0.1, 0.15) is 0 Å². The highest BCUT2D eigenvalue weighted by Crippen LogP contribution is 2.17. The van der Waals surface area contributed by atoms with E-state index in [2.05, 4.69) is 105 Å². The van der Waals surface area contributed by atoms with Gasteiger partial charge in [-0.15, -0.1) is 0 Å². The second-order valence-corrected chi connectivity index (χ2v) is 12.6. The van der Waals surface area contributed by atoms with Gasteiger partial charge in [0, 0.05) is 0 Å². The fourth-order valence-corrected chi connectivity index (χ4v) is 4.74. The summed E-state index contributed by atoms with van der Waals surface area (Å²) in [6.45, 7) is 20.3. The molecule has 232 valence electrons. The van der Waals surface area contributed by atoms with Gasteiger partial charge in [-0.1, -0.05) is 93.2 Å². The molecule has 1 nitrogen and oxygen atoms in total. The van der Waals surface area contributed by atoms with Gasteiger partial charge in [0.15, 0.2) is 0 Å². The molecule has 0 aromatic rings. The van der Waals surface area contributed by atoms with Gasteiger partial charge in [-0.05, 0) is 152 Å². The molecule has 41 heavy (non-hydrogen) atoms. The molecule has 0 radical (unpaired) electrons. The fourth-order valence-electron chi connectivity index (χ4n) is 4.74. The molecule has 0 bridgehead atoms. The van der Waals surface area contributed by atoms with E-state index in [0.29, 0.717) is 0 Å². The van der Waals surface area contributed by atoms with Gasteiger partial charge in [0.05, 0.1) is 6.61 Å². The van der Waals surface area contributed by atoms with Crippen LogP contribution in [0.15, 0.2) is 93.2 Å². The molecule has 0 saturated carbocycles. The topological polar surface area (TPSA) is 20.2 Å². The zero-order chi connectivity index (χ0) is 30.9. The first-order chi connectivity index (χ1) is 19.5. The predicted molar refractivity (Wildman–Crippen MR) is 187 cm³/mol. The smallest absolute Gasteiger partial charge is 0.0614 e. The second kappa shape index (κ2) is 25.6. The van der Waals surface area contributed by atoms with E-state index < -0.39 is 0 Å². The van der Waals surface area contributed by atoms with Crippen LogP contribution < -0.4 is 0 Å². The molecule has 0 atom stereocenters. The van der Waals surface area contributed by atoms with Crippen LogP contribution in [0.2, 0.25) is 0 Å². The first kappa shape index (κ1) is 38.9. The van der Waals surface area contributed by atoms with Crippen molar-refractivity contribution in [1.29, 1.82) is 0 Å². The summed E-state index contributed by atoms with van der Waals surface area (Å²) in [5.74, 6) is 0. The van der Waals surface area contributed by atoms with E-state index in [4.69, 9.17) is 5.11 Å².